The monoisotopic (exact) mass is 308 g/mol. The summed E-state index contributed by atoms with van der Waals surface area (Å²) in [6, 6.07) is 3.16. The maximum absolute atomic E-state index is 11.1. The fraction of sp³-hybridized carbons (Fsp3) is 0. The van der Waals surface area contributed by atoms with Gasteiger partial charge in [-0.2, -0.15) is 0 Å². The second-order valence-corrected chi connectivity index (χ2v) is 4.02. The van der Waals surface area contributed by atoms with Crippen molar-refractivity contribution >= 4 is 33.5 Å². The normalized spacial score (nSPS) is 10.4. The lowest BCUT2D eigenvalue weighted by Gasteiger charge is -2.02. The third-order valence-corrected chi connectivity index (χ3v) is 2.82. The fourth-order valence-electron chi connectivity index (χ4n) is 1.98. The molecule has 0 atom stereocenters. The van der Waals surface area contributed by atoms with E-state index < -0.39 is 47.8 Å². The Bertz CT molecular complexity index is 862. The van der Waals surface area contributed by atoms with Crippen molar-refractivity contribution in [3.63, 3.8) is 0 Å². The molecule has 0 saturated heterocycles. The van der Waals surface area contributed by atoms with Gasteiger partial charge in [0, 0.05) is 17.5 Å². The Morgan fingerprint density at radius 3 is 1.73 bits per heavy atom. The van der Waals surface area contributed by atoms with Crippen LogP contribution in [0.4, 0.5) is 22.7 Å². The first-order valence-corrected chi connectivity index (χ1v) is 5.42. The fourth-order valence-corrected chi connectivity index (χ4v) is 1.98. The van der Waals surface area contributed by atoms with Crippen molar-refractivity contribution in [3.8, 4) is 0 Å². The van der Waals surface area contributed by atoms with Gasteiger partial charge < -0.3 is 0 Å². The van der Waals surface area contributed by atoms with E-state index in [0.717, 1.165) is 18.2 Å². The van der Waals surface area contributed by atoms with Gasteiger partial charge in [0.2, 0.25) is 0 Å². The van der Waals surface area contributed by atoms with Gasteiger partial charge in [-0.25, -0.2) is 0 Å². The Kier molecular flexibility index (Phi) is 3.35. The molecule has 112 valence electrons. The summed E-state index contributed by atoms with van der Waals surface area (Å²) in [7, 11) is 0. The van der Waals surface area contributed by atoms with Gasteiger partial charge in [0.1, 0.15) is 5.39 Å². The van der Waals surface area contributed by atoms with E-state index in [9.17, 15) is 40.5 Å². The highest BCUT2D eigenvalue weighted by atomic mass is 16.6. The summed E-state index contributed by atoms with van der Waals surface area (Å²) in [6.45, 7) is 0. The number of hydrogen-bond donors (Lipinski definition) is 0. The molecule has 2 aromatic rings. The van der Waals surface area contributed by atoms with Crippen LogP contribution >= 0.6 is 0 Å². The standard InChI is InChI=1S/C10H4N4O8/c15-11(16)6-3-5-1-2-7(12(17)18)10(14(21)22)9(5)8(4-6)13(19)20/h1-4H. The number of fused-ring (bicyclic) bond motifs is 1. The van der Waals surface area contributed by atoms with Crippen LogP contribution in [0.5, 0.6) is 0 Å². The van der Waals surface area contributed by atoms with Gasteiger partial charge in [-0.15, -0.1) is 0 Å². The molecule has 0 aromatic heterocycles. The van der Waals surface area contributed by atoms with Crippen molar-refractivity contribution in [2.75, 3.05) is 0 Å². The lowest BCUT2D eigenvalue weighted by atomic mass is 10.0. The SMILES string of the molecule is O=[N+]([O-])c1cc([N+](=O)[O-])c2c([N+](=O)[O-])c([N+](=O)[O-])ccc2c1. The summed E-state index contributed by atoms with van der Waals surface area (Å²) in [6.07, 6.45) is 0. The van der Waals surface area contributed by atoms with Gasteiger partial charge in [-0.1, -0.05) is 0 Å². The van der Waals surface area contributed by atoms with E-state index in [1.165, 1.54) is 0 Å². The molecule has 0 unspecified atom stereocenters. The van der Waals surface area contributed by atoms with Crippen molar-refractivity contribution in [3.05, 3.63) is 64.7 Å². The molecule has 12 heteroatoms. The van der Waals surface area contributed by atoms with Gasteiger partial charge in [-0.3, -0.25) is 40.5 Å². The molecule has 22 heavy (non-hydrogen) atoms. The molecule has 12 nitrogen and oxygen atoms in total. The number of nitro benzene ring substituents is 4. The highest BCUT2D eigenvalue weighted by Gasteiger charge is 2.34. The summed E-state index contributed by atoms with van der Waals surface area (Å²) in [4.78, 5) is 39.6. The maximum atomic E-state index is 11.1. The van der Waals surface area contributed by atoms with E-state index in [1.807, 2.05) is 0 Å². The van der Waals surface area contributed by atoms with Crippen molar-refractivity contribution in [2.24, 2.45) is 0 Å². The van der Waals surface area contributed by atoms with Gasteiger partial charge in [0.05, 0.1) is 25.8 Å². The first kappa shape index (κ1) is 14.7. The molecule has 0 aliphatic heterocycles. The third kappa shape index (κ3) is 2.24. The molecular weight excluding hydrogens is 304 g/mol. The molecule has 2 rings (SSSR count). The van der Waals surface area contributed by atoms with Crippen molar-refractivity contribution in [1.82, 2.24) is 0 Å². The Labute approximate surface area is 119 Å². The summed E-state index contributed by atoms with van der Waals surface area (Å²) in [5.74, 6) is 0. The molecule has 0 fully saturated rings. The van der Waals surface area contributed by atoms with Crippen LogP contribution in [0.1, 0.15) is 0 Å². The minimum Gasteiger partial charge on any atom is -0.258 e. The molecular formula is C10H4N4O8. The number of non-ortho nitro benzene ring substituents is 2. The number of nitrogens with zero attached hydrogens (tertiary/aromatic N) is 4. The van der Waals surface area contributed by atoms with Gasteiger partial charge >= 0.3 is 11.4 Å². The molecule has 2 aromatic carbocycles. The quantitative estimate of drug-likeness (QED) is 0.611. The predicted octanol–water partition coefficient (Wildman–Crippen LogP) is 2.47. The zero-order valence-electron chi connectivity index (χ0n) is 10.4. The zero-order chi connectivity index (χ0) is 16.6. The first-order chi connectivity index (χ1) is 10.2. The minimum absolute atomic E-state index is 0.210. The summed E-state index contributed by atoms with van der Waals surface area (Å²) in [5, 5.41) is 42.9. The Morgan fingerprint density at radius 2 is 1.27 bits per heavy atom. The summed E-state index contributed by atoms with van der Waals surface area (Å²) >= 11 is 0. The second kappa shape index (κ2) is 5.01. The van der Waals surface area contributed by atoms with Gasteiger partial charge in [0.15, 0.2) is 0 Å². The largest absolute Gasteiger partial charge is 0.360 e. The first-order valence-electron chi connectivity index (χ1n) is 5.42. The second-order valence-electron chi connectivity index (χ2n) is 4.02. The third-order valence-electron chi connectivity index (χ3n) is 2.82. The molecule has 0 radical (unpaired) electrons. The topological polar surface area (TPSA) is 173 Å². The molecule has 0 saturated carbocycles. The van der Waals surface area contributed by atoms with Crippen LogP contribution in [0.25, 0.3) is 10.8 Å². The highest BCUT2D eigenvalue weighted by Crippen LogP contribution is 2.41. The molecule has 0 amide bonds. The van der Waals surface area contributed by atoms with E-state index in [0.29, 0.717) is 6.07 Å². The van der Waals surface area contributed by atoms with E-state index in [-0.39, 0.29) is 5.39 Å². The Morgan fingerprint density at radius 1 is 0.682 bits per heavy atom. The molecule has 0 bridgehead atoms. The van der Waals surface area contributed by atoms with Crippen LogP contribution in [0.15, 0.2) is 24.3 Å². The number of benzene rings is 2. The van der Waals surface area contributed by atoms with Gasteiger partial charge in [0.25, 0.3) is 11.4 Å². The summed E-state index contributed by atoms with van der Waals surface area (Å²) in [5.41, 5.74) is -3.61. The average molecular weight is 308 g/mol. The van der Waals surface area contributed by atoms with Crippen LogP contribution in [-0.2, 0) is 0 Å². The van der Waals surface area contributed by atoms with E-state index in [4.69, 9.17) is 0 Å². The van der Waals surface area contributed by atoms with E-state index in [2.05, 4.69) is 0 Å². The average Bonchev–Trinajstić information content (AvgIpc) is 2.43. The van der Waals surface area contributed by atoms with Crippen LogP contribution in [0.3, 0.4) is 0 Å². The molecule has 0 spiro atoms. The lowest BCUT2D eigenvalue weighted by molar-refractivity contribution is -0.422. The smallest absolute Gasteiger partial charge is 0.258 e. The predicted molar refractivity (Wildman–Crippen MR) is 70.6 cm³/mol. The van der Waals surface area contributed by atoms with Gasteiger partial charge in [-0.05, 0) is 6.07 Å². The molecule has 0 N–H and O–H groups in total. The Hall–Kier alpha value is -3.70. The molecule has 0 heterocycles. The van der Waals surface area contributed by atoms with Crippen molar-refractivity contribution < 1.29 is 19.7 Å². The van der Waals surface area contributed by atoms with Crippen LogP contribution in [0.2, 0.25) is 0 Å². The van der Waals surface area contributed by atoms with E-state index in [1.54, 1.807) is 0 Å². The minimum atomic E-state index is -1.13. The van der Waals surface area contributed by atoms with Crippen molar-refractivity contribution in [1.29, 1.82) is 0 Å². The van der Waals surface area contributed by atoms with E-state index >= 15 is 0 Å². The van der Waals surface area contributed by atoms with Crippen LogP contribution < -0.4 is 0 Å². The Balaban J connectivity index is 3.06. The van der Waals surface area contributed by atoms with Crippen LogP contribution in [-0.4, -0.2) is 19.7 Å². The number of rotatable bonds is 4. The lowest BCUT2D eigenvalue weighted by Crippen LogP contribution is -2.01. The molecule has 0 aliphatic carbocycles. The highest BCUT2D eigenvalue weighted by molar-refractivity contribution is 6.02. The summed E-state index contributed by atoms with van der Waals surface area (Å²) < 4.78 is 0. The van der Waals surface area contributed by atoms with Crippen LogP contribution in [0, 0.1) is 40.5 Å². The molecule has 0 aliphatic rings. The number of hydrogen-bond acceptors (Lipinski definition) is 8. The zero-order valence-corrected chi connectivity index (χ0v) is 10.4. The number of nitro groups is 4. The maximum Gasteiger partial charge on any atom is 0.360 e. The van der Waals surface area contributed by atoms with Crippen molar-refractivity contribution in [2.45, 2.75) is 0 Å².